The molecule has 3 heteroatoms. The molecule has 0 saturated carbocycles. The summed E-state index contributed by atoms with van der Waals surface area (Å²) in [6.07, 6.45) is 0.483. The van der Waals surface area contributed by atoms with Gasteiger partial charge in [-0.25, -0.2) is 4.39 Å². The first-order valence-electron chi connectivity index (χ1n) is 4.33. The van der Waals surface area contributed by atoms with Gasteiger partial charge in [0.2, 0.25) is 0 Å². The van der Waals surface area contributed by atoms with Gasteiger partial charge in [-0.15, -0.1) is 0 Å². The molecular formula is C9H14FNO. The summed E-state index contributed by atoms with van der Waals surface area (Å²) in [6, 6.07) is 0. The van der Waals surface area contributed by atoms with Crippen LogP contribution in [0.1, 0.15) is 12.8 Å². The van der Waals surface area contributed by atoms with E-state index in [1.54, 1.807) is 0 Å². The molecule has 2 atom stereocenters. The largest absolute Gasteiger partial charge is 0.394 e. The van der Waals surface area contributed by atoms with Crippen LogP contribution in [0.3, 0.4) is 0 Å². The average molecular weight is 171 g/mol. The minimum absolute atomic E-state index is 0.0619. The topological polar surface area (TPSA) is 23.5 Å². The minimum atomic E-state index is -0.759. The monoisotopic (exact) mass is 171 g/mol. The molecule has 0 bridgehead atoms. The Labute approximate surface area is 71.7 Å². The van der Waals surface area contributed by atoms with Crippen LogP contribution in [-0.2, 0) is 0 Å². The molecule has 12 heavy (non-hydrogen) atoms. The maximum atomic E-state index is 13.0. The van der Waals surface area contributed by atoms with Crippen LogP contribution in [0, 0.1) is 0 Å². The Morgan fingerprint density at radius 1 is 1.75 bits per heavy atom. The Morgan fingerprint density at radius 2 is 2.50 bits per heavy atom. The molecule has 68 valence electrons. The molecule has 2 heterocycles. The molecule has 2 fully saturated rings. The zero-order valence-corrected chi connectivity index (χ0v) is 7.09. The van der Waals surface area contributed by atoms with Crippen molar-refractivity contribution in [3.8, 4) is 0 Å². The molecule has 0 amide bonds. The quantitative estimate of drug-likeness (QED) is 0.588. The van der Waals surface area contributed by atoms with E-state index in [0.29, 0.717) is 13.0 Å². The molecule has 0 spiro atoms. The maximum absolute atomic E-state index is 13.0. The van der Waals surface area contributed by atoms with E-state index in [1.807, 2.05) is 4.90 Å². The Hall–Kier alpha value is -0.410. The van der Waals surface area contributed by atoms with Crippen molar-refractivity contribution in [1.82, 2.24) is 4.90 Å². The molecule has 2 aliphatic rings. The molecule has 0 aromatic carbocycles. The predicted molar refractivity (Wildman–Crippen MR) is 44.7 cm³/mol. The standard InChI is InChI=1S/C9H14FNO/c1-7-2-9(6-12)3-8(10)5-11(9)4-7/h8,12H,1-6H2/t8-,9-/m0/s1. The van der Waals surface area contributed by atoms with Crippen molar-refractivity contribution in [2.75, 3.05) is 19.7 Å². The van der Waals surface area contributed by atoms with Crippen LogP contribution < -0.4 is 0 Å². The zero-order chi connectivity index (χ0) is 8.77. The third-order valence-corrected chi connectivity index (χ3v) is 2.98. The van der Waals surface area contributed by atoms with Gasteiger partial charge < -0.3 is 5.11 Å². The highest BCUT2D eigenvalue weighted by molar-refractivity contribution is 5.18. The van der Waals surface area contributed by atoms with Gasteiger partial charge in [-0.1, -0.05) is 12.2 Å². The molecule has 2 aliphatic heterocycles. The highest BCUT2D eigenvalue weighted by atomic mass is 19.1. The first-order chi connectivity index (χ1) is 5.66. The Morgan fingerprint density at radius 3 is 3.08 bits per heavy atom. The highest BCUT2D eigenvalue weighted by Gasteiger charge is 2.49. The Bertz CT molecular complexity index is 219. The molecule has 0 aliphatic carbocycles. The highest BCUT2D eigenvalue weighted by Crippen LogP contribution is 2.41. The van der Waals surface area contributed by atoms with Gasteiger partial charge in [-0.2, -0.15) is 0 Å². The third-order valence-electron chi connectivity index (χ3n) is 2.98. The van der Waals surface area contributed by atoms with Crippen LogP contribution in [0.5, 0.6) is 0 Å². The number of hydrogen-bond donors (Lipinski definition) is 1. The van der Waals surface area contributed by atoms with E-state index in [1.165, 1.54) is 0 Å². The van der Waals surface area contributed by atoms with Crippen molar-refractivity contribution in [2.45, 2.75) is 24.6 Å². The van der Waals surface area contributed by atoms with Gasteiger partial charge in [-0.3, -0.25) is 4.90 Å². The lowest BCUT2D eigenvalue weighted by atomic mass is 9.93. The van der Waals surface area contributed by atoms with Gasteiger partial charge in [0.25, 0.3) is 0 Å². The first-order valence-corrected chi connectivity index (χ1v) is 4.33. The summed E-state index contributed by atoms with van der Waals surface area (Å²) in [4.78, 5) is 2.03. The van der Waals surface area contributed by atoms with E-state index in [2.05, 4.69) is 6.58 Å². The van der Waals surface area contributed by atoms with Gasteiger partial charge >= 0.3 is 0 Å². The average Bonchev–Trinajstić information content (AvgIpc) is 2.40. The second kappa shape index (κ2) is 2.54. The maximum Gasteiger partial charge on any atom is 0.115 e. The van der Waals surface area contributed by atoms with E-state index >= 15 is 0 Å². The number of nitrogens with zero attached hydrogens (tertiary/aromatic N) is 1. The fourth-order valence-electron chi connectivity index (χ4n) is 2.47. The molecule has 2 rings (SSSR count). The fraction of sp³-hybridized carbons (Fsp3) is 0.778. The fourth-order valence-corrected chi connectivity index (χ4v) is 2.47. The van der Waals surface area contributed by atoms with E-state index in [0.717, 1.165) is 18.5 Å². The van der Waals surface area contributed by atoms with Crippen molar-refractivity contribution >= 4 is 0 Å². The van der Waals surface area contributed by atoms with Crippen LogP contribution in [0.4, 0.5) is 4.39 Å². The lowest BCUT2D eigenvalue weighted by molar-refractivity contribution is 0.0997. The smallest absolute Gasteiger partial charge is 0.115 e. The number of alkyl halides is 1. The van der Waals surface area contributed by atoms with Crippen molar-refractivity contribution < 1.29 is 9.50 Å². The van der Waals surface area contributed by atoms with Crippen LogP contribution in [0.15, 0.2) is 12.2 Å². The second-order valence-corrected chi connectivity index (χ2v) is 3.99. The third kappa shape index (κ3) is 1.00. The number of hydrogen-bond acceptors (Lipinski definition) is 2. The second-order valence-electron chi connectivity index (χ2n) is 3.99. The minimum Gasteiger partial charge on any atom is -0.394 e. The van der Waals surface area contributed by atoms with Crippen LogP contribution in [0.25, 0.3) is 0 Å². The van der Waals surface area contributed by atoms with Crippen molar-refractivity contribution in [3.63, 3.8) is 0 Å². The van der Waals surface area contributed by atoms with E-state index in [4.69, 9.17) is 0 Å². The summed E-state index contributed by atoms with van der Waals surface area (Å²) in [5.74, 6) is 0. The predicted octanol–water partition coefficient (Wildman–Crippen LogP) is 0.721. The lowest BCUT2D eigenvalue weighted by Crippen LogP contribution is -2.41. The van der Waals surface area contributed by atoms with Gasteiger partial charge in [-0.05, 0) is 6.42 Å². The van der Waals surface area contributed by atoms with Gasteiger partial charge in [0.05, 0.1) is 12.1 Å². The molecule has 2 saturated heterocycles. The summed E-state index contributed by atoms with van der Waals surface area (Å²) >= 11 is 0. The van der Waals surface area contributed by atoms with E-state index in [-0.39, 0.29) is 12.1 Å². The van der Waals surface area contributed by atoms with Crippen LogP contribution in [0.2, 0.25) is 0 Å². The number of aliphatic hydroxyl groups is 1. The van der Waals surface area contributed by atoms with Crippen LogP contribution in [-0.4, -0.2) is 41.4 Å². The molecule has 0 unspecified atom stereocenters. The van der Waals surface area contributed by atoms with Gasteiger partial charge in [0.1, 0.15) is 6.17 Å². The Kier molecular flexibility index (Phi) is 1.73. The number of rotatable bonds is 1. The summed E-state index contributed by atoms with van der Waals surface area (Å²) in [6.45, 7) is 5.18. The van der Waals surface area contributed by atoms with Crippen molar-refractivity contribution in [3.05, 3.63) is 12.2 Å². The number of fused-ring (bicyclic) bond motifs is 1. The van der Waals surface area contributed by atoms with E-state index < -0.39 is 6.17 Å². The molecule has 0 aromatic rings. The summed E-state index contributed by atoms with van der Waals surface area (Å²) in [5, 5.41) is 9.21. The molecule has 0 radical (unpaired) electrons. The van der Waals surface area contributed by atoms with Crippen molar-refractivity contribution in [1.29, 1.82) is 0 Å². The van der Waals surface area contributed by atoms with Gasteiger partial charge in [0, 0.05) is 19.5 Å². The summed E-state index contributed by atoms with van der Waals surface area (Å²) in [7, 11) is 0. The number of halogens is 1. The molecule has 2 nitrogen and oxygen atoms in total. The zero-order valence-electron chi connectivity index (χ0n) is 7.09. The van der Waals surface area contributed by atoms with E-state index in [9.17, 15) is 9.50 Å². The normalized spacial score (nSPS) is 42.2. The van der Waals surface area contributed by atoms with Gasteiger partial charge in [0.15, 0.2) is 0 Å². The Balaban J connectivity index is 2.21. The summed E-state index contributed by atoms with van der Waals surface area (Å²) < 4.78 is 13.0. The SMILES string of the molecule is C=C1CN2C[C@@H](F)C[C@]2(CO)C1. The lowest BCUT2D eigenvalue weighted by Gasteiger charge is -2.28. The van der Waals surface area contributed by atoms with Crippen LogP contribution >= 0.6 is 0 Å². The molecule has 1 N–H and O–H groups in total. The van der Waals surface area contributed by atoms with Crippen molar-refractivity contribution in [2.24, 2.45) is 0 Å². The molecular weight excluding hydrogens is 157 g/mol. The first kappa shape index (κ1) is 8.20. The molecule has 0 aromatic heterocycles. The summed E-state index contributed by atoms with van der Waals surface area (Å²) in [5.41, 5.74) is 0.826. The number of aliphatic hydroxyl groups excluding tert-OH is 1.